The molecule has 1 aromatic carbocycles. The second-order valence-electron chi connectivity index (χ2n) is 5.70. The normalized spacial score (nSPS) is 17.2. The van der Waals surface area contributed by atoms with Crippen molar-refractivity contribution in [2.75, 3.05) is 20.3 Å². The van der Waals surface area contributed by atoms with Crippen molar-refractivity contribution in [1.82, 2.24) is 5.32 Å². The van der Waals surface area contributed by atoms with Gasteiger partial charge in [-0.1, -0.05) is 36.8 Å². The Balaban J connectivity index is 0.00000220. The number of halogens is 1. The van der Waals surface area contributed by atoms with Gasteiger partial charge in [-0.15, -0.1) is 12.4 Å². The molecule has 1 saturated carbocycles. The van der Waals surface area contributed by atoms with E-state index < -0.39 is 6.04 Å². The molecule has 118 valence electrons. The van der Waals surface area contributed by atoms with Crippen molar-refractivity contribution in [3.8, 4) is 0 Å². The number of hydrogen-bond donors (Lipinski definition) is 2. The number of carbonyl (C=O) groups is 1. The molecule has 4 nitrogen and oxygen atoms in total. The van der Waals surface area contributed by atoms with Gasteiger partial charge in [0.1, 0.15) is 6.04 Å². The van der Waals surface area contributed by atoms with Crippen molar-refractivity contribution in [2.24, 2.45) is 11.1 Å². The second kappa shape index (κ2) is 8.37. The summed E-state index contributed by atoms with van der Waals surface area (Å²) >= 11 is 0. The van der Waals surface area contributed by atoms with E-state index in [9.17, 15) is 4.79 Å². The predicted molar refractivity (Wildman–Crippen MR) is 86.4 cm³/mol. The molecule has 0 aliphatic heterocycles. The summed E-state index contributed by atoms with van der Waals surface area (Å²) in [6.07, 6.45) is 4.57. The molecule has 1 aromatic rings. The van der Waals surface area contributed by atoms with Crippen LogP contribution in [0.3, 0.4) is 0 Å². The molecule has 0 bridgehead atoms. The van der Waals surface area contributed by atoms with Crippen molar-refractivity contribution in [3.05, 3.63) is 35.9 Å². The number of methoxy groups -OCH3 is 1. The van der Waals surface area contributed by atoms with Gasteiger partial charge in [0.2, 0.25) is 5.91 Å². The summed E-state index contributed by atoms with van der Waals surface area (Å²) in [6.45, 7) is 1.45. The van der Waals surface area contributed by atoms with Gasteiger partial charge in [-0.25, -0.2) is 0 Å². The summed E-state index contributed by atoms with van der Waals surface area (Å²) < 4.78 is 5.16. The molecule has 3 N–H and O–H groups in total. The fourth-order valence-electron chi connectivity index (χ4n) is 2.71. The zero-order chi connectivity index (χ0) is 14.4. The maximum atomic E-state index is 12.1. The van der Waals surface area contributed by atoms with Crippen molar-refractivity contribution in [1.29, 1.82) is 0 Å². The first kappa shape index (κ1) is 18.0. The van der Waals surface area contributed by atoms with Crippen LogP contribution in [0.15, 0.2) is 30.3 Å². The van der Waals surface area contributed by atoms with Crippen molar-refractivity contribution in [2.45, 2.75) is 31.7 Å². The lowest BCUT2D eigenvalue weighted by Gasteiger charge is -2.42. The van der Waals surface area contributed by atoms with Gasteiger partial charge in [-0.2, -0.15) is 0 Å². The second-order valence-corrected chi connectivity index (χ2v) is 5.70. The minimum absolute atomic E-state index is 0. The Labute approximate surface area is 132 Å². The van der Waals surface area contributed by atoms with E-state index in [1.54, 1.807) is 7.11 Å². The SMILES string of the molecule is COCCC1(CNC(=O)C(N)c2ccccc2)CCC1.Cl. The van der Waals surface area contributed by atoms with E-state index >= 15 is 0 Å². The standard InChI is InChI=1S/C16H24N2O2.ClH/c1-20-11-10-16(8-5-9-16)12-18-15(19)14(17)13-6-3-2-4-7-13;/h2-4,6-7,14H,5,8-12,17H2,1H3,(H,18,19);1H. The monoisotopic (exact) mass is 312 g/mol. The lowest BCUT2D eigenvalue weighted by Crippen LogP contribution is -2.45. The first-order valence-electron chi connectivity index (χ1n) is 7.24. The fourth-order valence-corrected chi connectivity index (χ4v) is 2.71. The van der Waals surface area contributed by atoms with Crippen LogP contribution in [-0.4, -0.2) is 26.2 Å². The molecule has 1 amide bonds. The van der Waals surface area contributed by atoms with Crippen LogP contribution >= 0.6 is 12.4 Å². The van der Waals surface area contributed by atoms with E-state index in [0.717, 1.165) is 31.4 Å². The maximum absolute atomic E-state index is 12.1. The average molecular weight is 313 g/mol. The Morgan fingerprint density at radius 1 is 1.38 bits per heavy atom. The third kappa shape index (κ3) is 4.70. The molecule has 0 radical (unpaired) electrons. The number of amides is 1. The van der Waals surface area contributed by atoms with Gasteiger partial charge in [0.15, 0.2) is 0 Å². The van der Waals surface area contributed by atoms with Gasteiger partial charge in [0.05, 0.1) is 0 Å². The van der Waals surface area contributed by atoms with Crippen LogP contribution in [0.4, 0.5) is 0 Å². The molecule has 0 spiro atoms. The lowest BCUT2D eigenvalue weighted by atomic mass is 9.66. The van der Waals surface area contributed by atoms with E-state index in [2.05, 4.69) is 5.32 Å². The average Bonchev–Trinajstić information content (AvgIpc) is 2.45. The fraction of sp³-hybridized carbons (Fsp3) is 0.562. The van der Waals surface area contributed by atoms with Crippen LogP contribution in [-0.2, 0) is 9.53 Å². The number of rotatable bonds is 7. The van der Waals surface area contributed by atoms with Crippen LogP contribution in [0.25, 0.3) is 0 Å². The van der Waals surface area contributed by atoms with Crippen LogP contribution in [0, 0.1) is 5.41 Å². The lowest BCUT2D eigenvalue weighted by molar-refractivity contribution is -0.123. The van der Waals surface area contributed by atoms with Gasteiger partial charge in [-0.05, 0) is 30.2 Å². The molecule has 5 heteroatoms. The van der Waals surface area contributed by atoms with E-state index in [4.69, 9.17) is 10.5 Å². The van der Waals surface area contributed by atoms with Crippen LogP contribution < -0.4 is 11.1 Å². The van der Waals surface area contributed by atoms with Crippen molar-refractivity contribution >= 4 is 18.3 Å². The molecule has 1 aliphatic rings. The summed E-state index contributed by atoms with van der Waals surface area (Å²) in [4.78, 5) is 12.1. The van der Waals surface area contributed by atoms with Crippen LogP contribution in [0.5, 0.6) is 0 Å². The molecule has 1 atom stereocenters. The van der Waals surface area contributed by atoms with E-state index in [0.29, 0.717) is 6.54 Å². The molecular weight excluding hydrogens is 288 g/mol. The van der Waals surface area contributed by atoms with Crippen molar-refractivity contribution in [3.63, 3.8) is 0 Å². The van der Waals surface area contributed by atoms with Gasteiger partial charge >= 0.3 is 0 Å². The highest BCUT2D eigenvalue weighted by molar-refractivity contribution is 5.85. The highest BCUT2D eigenvalue weighted by Crippen LogP contribution is 2.43. The number of ether oxygens (including phenoxy) is 1. The third-order valence-electron chi connectivity index (χ3n) is 4.33. The van der Waals surface area contributed by atoms with E-state index in [1.165, 1.54) is 6.42 Å². The first-order valence-corrected chi connectivity index (χ1v) is 7.24. The third-order valence-corrected chi connectivity index (χ3v) is 4.33. The number of benzene rings is 1. The zero-order valence-electron chi connectivity index (χ0n) is 12.5. The van der Waals surface area contributed by atoms with Crippen LogP contribution in [0.2, 0.25) is 0 Å². The highest BCUT2D eigenvalue weighted by atomic mass is 35.5. The molecular formula is C16H25ClN2O2. The predicted octanol–water partition coefficient (Wildman–Crippen LogP) is 2.43. The van der Waals surface area contributed by atoms with Gasteiger partial charge in [-0.3, -0.25) is 4.79 Å². The first-order chi connectivity index (χ1) is 9.67. The van der Waals surface area contributed by atoms with Gasteiger partial charge in [0, 0.05) is 20.3 Å². The quantitative estimate of drug-likeness (QED) is 0.812. The Kier molecular flexibility index (Phi) is 7.15. The molecule has 21 heavy (non-hydrogen) atoms. The summed E-state index contributed by atoms with van der Waals surface area (Å²) in [6, 6.07) is 8.89. The van der Waals surface area contributed by atoms with E-state index in [1.807, 2.05) is 30.3 Å². The van der Waals surface area contributed by atoms with E-state index in [-0.39, 0.29) is 23.7 Å². The summed E-state index contributed by atoms with van der Waals surface area (Å²) in [5.74, 6) is -0.0973. The van der Waals surface area contributed by atoms with Crippen molar-refractivity contribution < 1.29 is 9.53 Å². The molecule has 1 fully saturated rings. The largest absolute Gasteiger partial charge is 0.385 e. The smallest absolute Gasteiger partial charge is 0.241 e. The molecule has 0 aromatic heterocycles. The molecule has 0 saturated heterocycles. The molecule has 0 heterocycles. The highest BCUT2D eigenvalue weighted by Gasteiger charge is 2.37. The van der Waals surface area contributed by atoms with Gasteiger partial charge < -0.3 is 15.8 Å². The molecule has 1 unspecified atom stereocenters. The number of nitrogens with two attached hydrogens (primary N) is 1. The Morgan fingerprint density at radius 2 is 2.05 bits per heavy atom. The maximum Gasteiger partial charge on any atom is 0.241 e. The Morgan fingerprint density at radius 3 is 2.57 bits per heavy atom. The molecule has 1 aliphatic carbocycles. The number of nitrogens with one attached hydrogen (secondary N) is 1. The Hall–Kier alpha value is -1.10. The topological polar surface area (TPSA) is 64.3 Å². The summed E-state index contributed by atoms with van der Waals surface area (Å²) in [7, 11) is 1.72. The summed E-state index contributed by atoms with van der Waals surface area (Å²) in [5.41, 5.74) is 7.07. The Bertz CT molecular complexity index is 435. The minimum atomic E-state index is -0.587. The summed E-state index contributed by atoms with van der Waals surface area (Å²) in [5, 5.41) is 3.01. The minimum Gasteiger partial charge on any atom is -0.385 e. The van der Waals surface area contributed by atoms with Crippen LogP contribution in [0.1, 0.15) is 37.3 Å². The zero-order valence-corrected chi connectivity index (χ0v) is 13.3. The number of carbonyl (C=O) groups excluding carboxylic acids is 1. The molecule has 2 rings (SSSR count). The number of hydrogen-bond acceptors (Lipinski definition) is 3. The van der Waals surface area contributed by atoms with Gasteiger partial charge in [0.25, 0.3) is 0 Å².